The number of aromatic nitrogens is 3. The highest BCUT2D eigenvalue weighted by molar-refractivity contribution is 5.20. The lowest BCUT2D eigenvalue weighted by Gasteiger charge is -2.14. The average molecular weight is 266 g/mol. The van der Waals surface area contributed by atoms with Gasteiger partial charge in [-0.1, -0.05) is 0 Å². The third kappa shape index (κ3) is 3.35. The lowest BCUT2D eigenvalue weighted by molar-refractivity contribution is 0.525. The Bertz CT molecular complexity index is 533. The van der Waals surface area contributed by atoms with Crippen LogP contribution in [0.2, 0.25) is 0 Å². The molecule has 0 saturated carbocycles. The molecule has 0 aliphatic heterocycles. The lowest BCUT2D eigenvalue weighted by Crippen LogP contribution is -2.20. The quantitative estimate of drug-likeness (QED) is 0.903. The van der Waals surface area contributed by atoms with Gasteiger partial charge in [0.15, 0.2) is 0 Å². The second-order valence-corrected chi connectivity index (χ2v) is 4.34. The molecule has 1 N–H and O–H groups in total. The van der Waals surface area contributed by atoms with Crippen LogP contribution in [0.25, 0.3) is 0 Å². The summed E-state index contributed by atoms with van der Waals surface area (Å²) in [4.78, 5) is 0. The van der Waals surface area contributed by atoms with Gasteiger partial charge in [-0.2, -0.15) is 0 Å². The van der Waals surface area contributed by atoms with Crippen molar-refractivity contribution >= 4 is 0 Å². The minimum Gasteiger partial charge on any atom is -0.317 e. The van der Waals surface area contributed by atoms with Crippen LogP contribution in [0.15, 0.2) is 24.5 Å². The summed E-state index contributed by atoms with van der Waals surface area (Å²) >= 11 is 0. The third-order valence-corrected chi connectivity index (χ3v) is 2.99. The molecule has 2 aromatic rings. The number of benzene rings is 1. The molecular formula is C13H16F2N4. The molecule has 0 amide bonds. The van der Waals surface area contributed by atoms with E-state index in [1.54, 1.807) is 6.33 Å². The highest BCUT2D eigenvalue weighted by Gasteiger charge is 2.10. The van der Waals surface area contributed by atoms with E-state index in [0.717, 1.165) is 18.4 Å². The number of nitrogens with one attached hydrogen (secondary N) is 1. The molecule has 0 bridgehead atoms. The molecule has 1 heterocycles. The van der Waals surface area contributed by atoms with Crippen LogP contribution in [0, 0.1) is 11.6 Å². The summed E-state index contributed by atoms with van der Waals surface area (Å²) in [5, 5.41) is 11.0. The molecule has 0 aliphatic carbocycles. The predicted octanol–water partition coefficient (Wildman–Crippen LogP) is 2.43. The van der Waals surface area contributed by atoms with Crippen molar-refractivity contribution in [3.8, 4) is 0 Å². The molecule has 0 saturated heterocycles. The van der Waals surface area contributed by atoms with Crippen molar-refractivity contribution in [3.05, 3.63) is 47.5 Å². The zero-order chi connectivity index (χ0) is 13.8. The normalized spacial score (nSPS) is 12.6. The molecule has 0 spiro atoms. The summed E-state index contributed by atoms with van der Waals surface area (Å²) < 4.78 is 28.2. The summed E-state index contributed by atoms with van der Waals surface area (Å²) in [5.41, 5.74) is 0.570. The van der Waals surface area contributed by atoms with E-state index < -0.39 is 11.6 Å². The largest absolute Gasteiger partial charge is 0.317 e. The van der Waals surface area contributed by atoms with Crippen molar-refractivity contribution in [1.82, 2.24) is 20.1 Å². The molecule has 4 nitrogen and oxygen atoms in total. The van der Waals surface area contributed by atoms with E-state index in [1.165, 1.54) is 12.1 Å². The van der Waals surface area contributed by atoms with E-state index in [-0.39, 0.29) is 6.04 Å². The van der Waals surface area contributed by atoms with Crippen LogP contribution < -0.4 is 5.32 Å². The van der Waals surface area contributed by atoms with Gasteiger partial charge in [-0.3, -0.25) is 0 Å². The van der Waals surface area contributed by atoms with Gasteiger partial charge in [0.1, 0.15) is 23.8 Å². The van der Waals surface area contributed by atoms with Crippen LogP contribution in [0.5, 0.6) is 0 Å². The maximum absolute atomic E-state index is 13.1. The Morgan fingerprint density at radius 2 is 1.95 bits per heavy atom. The first-order chi connectivity index (χ1) is 9.10. The highest BCUT2D eigenvalue weighted by Crippen LogP contribution is 2.16. The Morgan fingerprint density at radius 3 is 2.58 bits per heavy atom. The van der Waals surface area contributed by atoms with Crippen LogP contribution in [0.3, 0.4) is 0 Å². The molecule has 0 fully saturated rings. The van der Waals surface area contributed by atoms with Gasteiger partial charge in [-0.05, 0) is 31.5 Å². The Kier molecular flexibility index (Phi) is 4.21. The number of halogens is 2. The number of rotatable bonds is 5. The molecule has 1 atom stereocenters. The van der Waals surface area contributed by atoms with Crippen LogP contribution >= 0.6 is 0 Å². The SMILES string of the molecule is CCn1cnnc1CNC(C)c1cc(F)cc(F)c1. The molecule has 0 radical (unpaired) electrons. The minimum absolute atomic E-state index is 0.174. The number of aryl methyl sites for hydroxylation is 1. The Labute approximate surface area is 110 Å². The van der Waals surface area contributed by atoms with Crippen molar-refractivity contribution in [3.63, 3.8) is 0 Å². The van der Waals surface area contributed by atoms with Crippen LogP contribution in [0.1, 0.15) is 31.3 Å². The Hall–Kier alpha value is -1.82. The minimum atomic E-state index is -0.569. The van der Waals surface area contributed by atoms with E-state index >= 15 is 0 Å². The molecule has 102 valence electrons. The second kappa shape index (κ2) is 5.88. The van der Waals surface area contributed by atoms with Gasteiger partial charge in [0, 0.05) is 18.7 Å². The first-order valence-corrected chi connectivity index (χ1v) is 6.16. The summed E-state index contributed by atoms with van der Waals surface area (Å²) in [7, 11) is 0. The van der Waals surface area contributed by atoms with Crippen LogP contribution in [-0.4, -0.2) is 14.8 Å². The van der Waals surface area contributed by atoms with Gasteiger partial charge in [0.2, 0.25) is 0 Å². The van der Waals surface area contributed by atoms with Crippen LogP contribution in [0.4, 0.5) is 8.78 Å². The summed E-state index contributed by atoms with van der Waals surface area (Å²) in [6.45, 7) is 5.12. The first-order valence-electron chi connectivity index (χ1n) is 6.16. The van der Waals surface area contributed by atoms with Gasteiger partial charge in [-0.15, -0.1) is 10.2 Å². The van der Waals surface area contributed by atoms with Gasteiger partial charge < -0.3 is 9.88 Å². The first kappa shape index (κ1) is 13.6. The molecule has 1 unspecified atom stereocenters. The lowest BCUT2D eigenvalue weighted by atomic mass is 10.1. The molecule has 19 heavy (non-hydrogen) atoms. The van der Waals surface area contributed by atoms with Crippen molar-refractivity contribution in [2.75, 3.05) is 0 Å². The number of hydrogen-bond acceptors (Lipinski definition) is 3. The van der Waals surface area contributed by atoms with E-state index in [4.69, 9.17) is 0 Å². The number of nitrogens with zero attached hydrogens (tertiary/aromatic N) is 3. The average Bonchev–Trinajstić information content (AvgIpc) is 2.82. The highest BCUT2D eigenvalue weighted by atomic mass is 19.1. The second-order valence-electron chi connectivity index (χ2n) is 4.34. The summed E-state index contributed by atoms with van der Waals surface area (Å²) in [5.74, 6) is -0.341. The van der Waals surface area contributed by atoms with Crippen molar-refractivity contribution < 1.29 is 8.78 Å². The maximum atomic E-state index is 13.1. The predicted molar refractivity (Wildman–Crippen MR) is 67.3 cm³/mol. The Balaban J connectivity index is 2.03. The summed E-state index contributed by atoms with van der Waals surface area (Å²) in [6.07, 6.45) is 1.66. The maximum Gasteiger partial charge on any atom is 0.146 e. The monoisotopic (exact) mass is 266 g/mol. The zero-order valence-electron chi connectivity index (χ0n) is 10.9. The fourth-order valence-electron chi connectivity index (χ4n) is 1.87. The fourth-order valence-corrected chi connectivity index (χ4v) is 1.87. The van der Waals surface area contributed by atoms with E-state index in [0.29, 0.717) is 12.1 Å². The molecule has 2 rings (SSSR count). The number of hydrogen-bond donors (Lipinski definition) is 1. The molecule has 0 aliphatic rings. The van der Waals surface area contributed by atoms with E-state index in [2.05, 4.69) is 15.5 Å². The smallest absolute Gasteiger partial charge is 0.146 e. The molecule has 1 aromatic carbocycles. The van der Waals surface area contributed by atoms with Gasteiger partial charge >= 0.3 is 0 Å². The van der Waals surface area contributed by atoms with E-state index in [9.17, 15) is 8.78 Å². The molecule has 6 heteroatoms. The fraction of sp³-hybridized carbons (Fsp3) is 0.385. The summed E-state index contributed by atoms with van der Waals surface area (Å²) in [6, 6.07) is 3.34. The topological polar surface area (TPSA) is 42.7 Å². The molecular weight excluding hydrogens is 250 g/mol. The van der Waals surface area contributed by atoms with Crippen molar-refractivity contribution in [1.29, 1.82) is 0 Å². The van der Waals surface area contributed by atoms with Crippen molar-refractivity contribution in [2.45, 2.75) is 33.0 Å². The third-order valence-electron chi connectivity index (χ3n) is 2.99. The van der Waals surface area contributed by atoms with Gasteiger partial charge in [0.25, 0.3) is 0 Å². The van der Waals surface area contributed by atoms with Crippen LogP contribution in [-0.2, 0) is 13.1 Å². The van der Waals surface area contributed by atoms with E-state index in [1.807, 2.05) is 18.4 Å². The van der Waals surface area contributed by atoms with Crippen molar-refractivity contribution in [2.24, 2.45) is 0 Å². The molecule has 1 aromatic heterocycles. The zero-order valence-corrected chi connectivity index (χ0v) is 10.9. The Morgan fingerprint density at radius 1 is 1.26 bits per heavy atom. The standard InChI is InChI=1S/C13H16F2N4/c1-3-19-8-17-18-13(19)7-16-9(2)10-4-11(14)6-12(15)5-10/h4-6,8-9,16H,3,7H2,1-2H3. The van der Waals surface area contributed by atoms with Gasteiger partial charge in [0.05, 0.1) is 6.54 Å². The van der Waals surface area contributed by atoms with Gasteiger partial charge in [-0.25, -0.2) is 8.78 Å².